The molecule has 3 nitrogen and oxygen atoms in total. The van der Waals surface area contributed by atoms with Crippen LogP contribution in [0, 0.1) is 17.6 Å². The second-order valence-corrected chi connectivity index (χ2v) is 5.73. The minimum Gasteiger partial charge on any atom is -0.339 e. The van der Waals surface area contributed by atoms with Gasteiger partial charge < -0.3 is 10.2 Å². The molecule has 1 aliphatic carbocycles. The summed E-state index contributed by atoms with van der Waals surface area (Å²) in [6.45, 7) is 2.05. The highest BCUT2D eigenvalue weighted by Gasteiger charge is 2.38. The van der Waals surface area contributed by atoms with Crippen molar-refractivity contribution in [3.05, 3.63) is 35.4 Å². The molecule has 0 radical (unpaired) electrons. The molecule has 0 bridgehead atoms. The quantitative estimate of drug-likeness (QED) is 0.895. The number of hydrogen-bond acceptors (Lipinski definition) is 2. The van der Waals surface area contributed by atoms with Gasteiger partial charge in [0.05, 0.1) is 0 Å². The van der Waals surface area contributed by atoms with E-state index in [1.165, 1.54) is 6.07 Å². The Hall–Kier alpha value is -1.49. The number of rotatable bonds is 5. The van der Waals surface area contributed by atoms with E-state index < -0.39 is 11.6 Å². The molecule has 1 aromatic carbocycles. The van der Waals surface area contributed by atoms with Crippen LogP contribution in [-0.2, 0) is 11.3 Å². The smallest absolute Gasteiger partial charge is 0.223 e. The van der Waals surface area contributed by atoms with Crippen LogP contribution in [0.3, 0.4) is 0 Å². The van der Waals surface area contributed by atoms with Crippen molar-refractivity contribution in [2.75, 3.05) is 13.1 Å². The van der Waals surface area contributed by atoms with E-state index in [0.717, 1.165) is 32.0 Å². The van der Waals surface area contributed by atoms with E-state index in [1.54, 1.807) is 6.07 Å². The SMILES string of the molecule is O=C1CC(CNCc2ccc(F)c(F)c2)CN1C1CC1. The summed E-state index contributed by atoms with van der Waals surface area (Å²) in [5.41, 5.74) is 0.715. The van der Waals surface area contributed by atoms with Crippen LogP contribution in [0.2, 0.25) is 0 Å². The van der Waals surface area contributed by atoms with E-state index in [2.05, 4.69) is 5.32 Å². The van der Waals surface area contributed by atoms with Gasteiger partial charge in [-0.25, -0.2) is 8.78 Å². The van der Waals surface area contributed by atoms with Gasteiger partial charge in [-0.1, -0.05) is 6.07 Å². The molecule has 20 heavy (non-hydrogen) atoms. The predicted molar refractivity (Wildman–Crippen MR) is 70.9 cm³/mol. The number of carbonyl (C=O) groups excluding carboxylic acids is 1. The summed E-state index contributed by atoms with van der Waals surface area (Å²) in [4.78, 5) is 13.8. The molecular weight excluding hydrogens is 262 g/mol. The lowest BCUT2D eigenvalue weighted by molar-refractivity contribution is -0.128. The molecule has 1 atom stereocenters. The molecule has 2 fully saturated rings. The largest absolute Gasteiger partial charge is 0.339 e. The fourth-order valence-electron chi connectivity index (χ4n) is 2.75. The van der Waals surface area contributed by atoms with E-state index in [-0.39, 0.29) is 5.91 Å². The van der Waals surface area contributed by atoms with Gasteiger partial charge in [-0.2, -0.15) is 0 Å². The van der Waals surface area contributed by atoms with Crippen molar-refractivity contribution in [1.29, 1.82) is 0 Å². The number of hydrogen-bond donors (Lipinski definition) is 1. The molecule has 1 aliphatic heterocycles. The number of likely N-dealkylation sites (tertiary alicyclic amines) is 1. The highest BCUT2D eigenvalue weighted by Crippen LogP contribution is 2.32. The minimum atomic E-state index is -0.824. The van der Waals surface area contributed by atoms with Gasteiger partial charge in [0, 0.05) is 32.1 Å². The van der Waals surface area contributed by atoms with Crippen molar-refractivity contribution in [2.45, 2.75) is 31.8 Å². The Morgan fingerprint density at radius 2 is 2.05 bits per heavy atom. The Morgan fingerprint density at radius 3 is 2.75 bits per heavy atom. The Balaban J connectivity index is 1.46. The molecule has 0 aromatic heterocycles. The average molecular weight is 280 g/mol. The maximum Gasteiger partial charge on any atom is 0.223 e. The van der Waals surface area contributed by atoms with Crippen molar-refractivity contribution in [3.63, 3.8) is 0 Å². The van der Waals surface area contributed by atoms with E-state index in [9.17, 15) is 13.6 Å². The average Bonchev–Trinajstić information content (AvgIpc) is 3.18. The summed E-state index contributed by atoms with van der Waals surface area (Å²) in [6, 6.07) is 4.40. The molecule has 1 saturated carbocycles. The summed E-state index contributed by atoms with van der Waals surface area (Å²) >= 11 is 0. The maximum absolute atomic E-state index is 13.1. The fourth-order valence-corrected chi connectivity index (χ4v) is 2.75. The van der Waals surface area contributed by atoms with Crippen molar-refractivity contribution in [3.8, 4) is 0 Å². The van der Waals surface area contributed by atoms with Crippen LogP contribution in [0.1, 0.15) is 24.8 Å². The number of amides is 1. The van der Waals surface area contributed by atoms with Crippen LogP contribution < -0.4 is 5.32 Å². The highest BCUT2D eigenvalue weighted by molar-refractivity contribution is 5.79. The molecule has 3 rings (SSSR count). The molecule has 0 spiro atoms. The Bertz CT molecular complexity index is 517. The van der Waals surface area contributed by atoms with E-state index >= 15 is 0 Å². The van der Waals surface area contributed by atoms with Gasteiger partial charge in [0.25, 0.3) is 0 Å². The topological polar surface area (TPSA) is 32.3 Å². The van der Waals surface area contributed by atoms with Crippen molar-refractivity contribution < 1.29 is 13.6 Å². The molecule has 5 heteroatoms. The molecule has 2 aliphatic rings. The first-order chi connectivity index (χ1) is 9.63. The van der Waals surface area contributed by atoms with E-state index in [0.29, 0.717) is 30.5 Å². The number of halogens is 2. The highest BCUT2D eigenvalue weighted by atomic mass is 19.2. The number of benzene rings is 1. The van der Waals surface area contributed by atoms with Gasteiger partial charge in [-0.05, 0) is 36.5 Å². The summed E-state index contributed by atoms with van der Waals surface area (Å²) < 4.78 is 25.8. The van der Waals surface area contributed by atoms with Crippen molar-refractivity contribution in [1.82, 2.24) is 10.2 Å². The molecule has 1 heterocycles. The minimum absolute atomic E-state index is 0.257. The third kappa shape index (κ3) is 2.98. The molecule has 108 valence electrons. The van der Waals surface area contributed by atoms with Gasteiger partial charge >= 0.3 is 0 Å². The first-order valence-electron chi connectivity index (χ1n) is 7.07. The van der Waals surface area contributed by atoms with Gasteiger partial charge in [0.15, 0.2) is 11.6 Å². The predicted octanol–water partition coefficient (Wildman–Crippen LogP) is 2.07. The number of carbonyl (C=O) groups is 1. The molecule has 1 N–H and O–H groups in total. The lowest BCUT2D eigenvalue weighted by atomic mass is 10.1. The zero-order valence-corrected chi connectivity index (χ0v) is 11.2. The zero-order valence-electron chi connectivity index (χ0n) is 11.2. The van der Waals surface area contributed by atoms with Crippen LogP contribution in [0.15, 0.2) is 18.2 Å². The number of nitrogens with zero attached hydrogens (tertiary/aromatic N) is 1. The van der Waals surface area contributed by atoms with E-state index in [4.69, 9.17) is 0 Å². The second-order valence-electron chi connectivity index (χ2n) is 5.73. The van der Waals surface area contributed by atoms with Gasteiger partial charge in [-0.15, -0.1) is 0 Å². The van der Waals surface area contributed by atoms with Crippen LogP contribution >= 0.6 is 0 Å². The van der Waals surface area contributed by atoms with Crippen LogP contribution in [0.4, 0.5) is 8.78 Å². The van der Waals surface area contributed by atoms with Gasteiger partial charge in [0.2, 0.25) is 5.91 Å². The first-order valence-corrected chi connectivity index (χ1v) is 7.07. The van der Waals surface area contributed by atoms with Gasteiger partial charge in [0.1, 0.15) is 0 Å². The van der Waals surface area contributed by atoms with Crippen LogP contribution in [-0.4, -0.2) is 29.9 Å². The zero-order chi connectivity index (χ0) is 14.1. The van der Waals surface area contributed by atoms with Crippen LogP contribution in [0.25, 0.3) is 0 Å². The van der Waals surface area contributed by atoms with Crippen molar-refractivity contribution in [2.24, 2.45) is 5.92 Å². The van der Waals surface area contributed by atoms with E-state index in [1.807, 2.05) is 4.90 Å². The Kier molecular flexibility index (Phi) is 3.70. The summed E-state index contributed by atoms with van der Waals surface area (Å²) in [6.07, 6.45) is 2.88. The fraction of sp³-hybridized carbons (Fsp3) is 0.533. The first kappa shape index (κ1) is 13.5. The molecular formula is C15H18F2N2O. The monoisotopic (exact) mass is 280 g/mol. The lowest BCUT2D eigenvalue weighted by Crippen LogP contribution is -2.29. The maximum atomic E-state index is 13.1. The molecule has 1 unspecified atom stereocenters. The summed E-state index contributed by atoms with van der Waals surface area (Å²) in [5, 5.41) is 3.22. The second kappa shape index (κ2) is 5.48. The molecule has 1 aromatic rings. The standard InChI is InChI=1S/C15H18F2N2O/c16-13-4-1-10(5-14(13)17)7-18-8-11-6-15(20)19(9-11)12-2-3-12/h1,4-5,11-12,18H,2-3,6-9H2. The molecule has 1 amide bonds. The summed E-state index contributed by atoms with van der Waals surface area (Å²) in [7, 11) is 0. The van der Waals surface area contributed by atoms with Crippen LogP contribution in [0.5, 0.6) is 0 Å². The molecule has 1 saturated heterocycles. The Labute approximate surface area is 117 Å². The summed E-state index contributed by atoms with van der Waals surface area (Å²) in [5.74, 6) is -1.06. The normalized spacial score (nSPS) is 22.6. The Morgan fingerprint density at radius 1 is 1.25 bits per heavy atom. The third-order valence-corrected chi connectivity index (χ3v) is 3.97. The third-order valence-electron chi connectivity index (χ3n) is 3.97. The lowest BCUT2D eigenvalue weighted by Gasteiger charge is -2.15. The number of nitrogens with one attached hydrogen (secondary N) is 1. The van der Waals surface area contributed by atoms with Crippen molar-refractivity contribution >= 4 is 5.91 Å². The van der Waals surface area contributed by atoms with Gasteiger partial charge in [-0.3, -0.25) is 4.79 Å².